The van der Waals surface area contributed by atoms with Crippen molar-refractivity contribution in [2.45, 2.75) is 12.7 Å². The van der Waals surface area contributed by atoms with Gasteiger partial charge >= 0.3 is 18.0 Å². The van der Waals surface area contributed by atoms with E-state index in [2.05, 4.69) is 15.6 Å². The van der Waals surface area contributed by atoms with Gasteiger partial charge in [-0.2, -0.15) is 13.2 Å². The molecule has 0 radical (unpaired) electrons. The minimum Gasteiger partial charge on any atom is -0.344 e. The molecule has 5 nitrogen and oxygen atoms in total. The van der Waals surface area contributed by atoms with Crippen LogP contribution in [0.15, 0.2) is 42.6 Å². The number of carbonyl (C=O) groups is 2. The highest BCUT2D eigenvalue weighted by Crippen LogP contribution is 2.27. The van der Waals surface area contributed by atoms with Gasteiger partial charge in [-0.15, -0.1) is 0 Å². The Hall–Kier alpha value is -2.97. The molecule has 0 aliphatic carbocycles. The van der Waals surface area contributed by atoms with Crippen LogP contribution in [-0.4, -0.2) is 16.8 Å². The zero-order valence-corrected chi connectivity index (χ0v) is 12.0. The van der Waals surface area contributed by atoms with Crippen molar-refractivity contribution in [2.24, 2.45) is 0 Å². The third-order valence-electron chi connectivity index (χ3n) is 2.86. The lowest BCUT2D eigenvalue weighted by Gasteiger charge is -2.08. The summed E-state index contributed by atoms with van der Waals surface area (Å²) in [6, 6.07) is 7.09. The molecule has 9 heteroatoms. The van der Waals surface area contributed by atoms with E-state index < -0.39 is 29.5 Å². The van der Waals surface area contributed by atoms with Crippen molar-refractivity contribution in [2.75, 3.05) is 5.32 Å². The normalized spacial score (nSPS) is 11.0. The summed E-state index contributed by atoms with van der Waals surface area (Å²) in [5.74, 6) is -2.57. The van der Waals surface area contributed by atoms with E-state index in [1.54, 1.807) is 6.07 Å². The SMILES string of the molecule is O=C(NCc1cccc(F)c1)C(=O)Nc1ccc(C(F)(F)F)nc1. The van der Waals surface area contributed by atoms with Crippen molar-refractivity contribution in [3.8, 4) is 0 Å². The monoisotopic (exact) mass is 341 g/mol. The number of aromatic nitrogens is 1. The van der Waals surface area contributed by atoms with E-state index in [4.69, 9.17) is 0 Å². The first-order chi connectivity index (χ1) is 11.3. The maximum absolute atomic E-state index is 13.0. The number of hydrogen-bond acceptors (Lipinski definition) is 3. The Bertz CT molecular complexity index is 745. The van der Waals surface area contributed by atoms with Crippen molar-refractivity contribution in [1.82, 2.24) is 10.3 Å². The van der Waals surface area contributed by atoms with Crippen molar-refractivity contribution in [3.05, 3.63) is 59.7 Å². The topological polar surface area (TPSA) is 71.1 Å². The van der Waals surface area contributed by atoms with E-state index in [-0.39, 0.29) is 12.2 Å². The number of amides is 2. The quantitative estimate of drug-likeness (QED) is 0.666. The highest BCUT2D eigenvalue weighted by molar-refractivity contribution is 6.39. The molecule has 0 unspecified atom stereocenters. The lowest BCUT2D eigenvalue weighted by Crippen LogP contribution is -2.35. The molecule has 0 bridgehead atoms. The van der Waals surface area contributed by atoms with Gasteiger partial charge in [-0.25, -0.2) is 9.37 Å². The molecule has 0 saturated heterocycles. The summed E-state index contributed by atoms with van der Waals surface area (Å²) in [5, 5.41) is 4.38. The van der Waals surface area contributed by atoms with Gasteiger partial charge in [0, 0.05) is 6.54 Å². The molecule has 2 N–H and O–H groups in total. The standard InChI is InChI=1S/C15H11F4N3O2/c16-10-3-1-2-9(6-10)7-21-13(23)14(24)22-11-4-5-12(20-8-11)15(17,18)19/h1-6,8H,7H2,(H,21,23)(H,22,24). The minimum atomic E-state index is -4.59. The number of hydrogen-bond donors (Lipinski definition) is 2. The molecule has 126 valence electrons. The third-order valence-corrected chi connectivity index (χ3v) is 2.86. The number of halogens is 4. The predicted molar refractivity (Wildman–Crippen MR) is 76.1 cm³/mol. The van der Waals surface area contributed by atoms with Gasteiger partial charge in [0.1, 0.15) is 11.5 Å². The lowest BCUT2D eigenvalue weighted by molar-refractivity contribution is -0.141. The van der Waals surface area contributed by atoms with Crippen LogP contribution in [0.25, 0.3) is 0 Å². The Labute approximate surface area is 133 Å². The summed E-state index contributed by atoms with van der Waals surface area (Å²) in [5.41, 5.74) is -0.725. The summed E-state index contributed by atoms with van der Waals surface area (Å²) in [4.78, 5) is 26.4. The molecular weight excluding hydrogens is 330 g/mol. The molecule has 0 atom stereocenters. The number of rotatable bonds is 3. The maximum Gasteiger partial charge on any atom is 0.433 e. The summed E-state index contributed by atoms with van der Waals surface area (Å²) < 4.78 is 50.1. The van der Waals surface area contributed by atoms with Crippen LogP contribution in [0.3, 0.4) is 0 Å². The number of pyridine rings is 1. The van der Waals surface area contributed by atoms with E-state index >= 15 is 0 Å². The third kappa shape index (κ3) is 4.77. The fourth-order valence-electron chi connectivity index (χ4n) is 1.73. The fourth-order valence-corrected chi connectivity index (χ4v) is 1.73. The largest absolute Gasteiger partial charge is 0.433 e. The second-order valence-electron chi connectivity index (χ2n) is 4.70. The Morgan fingerprint density at radius 3 is 2.42 bits per heavy atom. The van der Waals surface area contributed by atoms with Crippen LogP contribution in [-0.2, 0) is 22.3 Å². The highest BCUT2D eigenvalue weighted by atomic mass is 19.4. The number of carbonyl (C=O) groups excluding carboxylic acids is 2. The van der Waals surface area contributed by atoms with Gasteiger partial charge in [-0.3, -0.25) is 9.59 Å². The molecule has 0 aliphatic heterocycles. The van der Waals surface area contributed by atoms with Crippen molar-refractivity contribution < 1.29 is 27.2 Å². The van der Waals surface area contributed by atoms with E-state index in [1.807, 2.05) is 0 Å². The van der Waals surface area contributed by atoms with Gasteiger partial charge < -0.3 is 10.6 Å². The van der Waals surface area contributed by atoms with Gasteiger partial charge in [-0.1, -0.05) is 12.1 Å². The Morgan fingerprint density at radius 2 is 1.83 bits per heavy atom. The zero-order valence-electron chi connectivity index (χ0n) is 12.0. The van der Waals surface area contributed by atoms with Crippen LogP contribution >= 0.6 is 0 Å². The van der Waals surface area contributed by atoms with Gasteiger partial charge in [0.25, 0.3) is 0 Å². The maximum atomic E-state index is 13.0. The first-order valence-corrected chi connectivity index (χ1v) is 6.62. The van der Waals surface area contributed by atoms with Crippen LogP contribution < -0.4 is 10.6 Å². The lowest BCUT2D eigenvalue weighted by atomic mass is 10.2. The molecule has 1 aromatic carbocycles. The predicted octanol–water partition coefficient (Wildman–Crippen LogP) is 2.49. The Morgan fingerprint density at radius 1 is 1.08 bits per heavy atom. The Balaban J connectivity index is 1.90. The number of nitrogens with zero attached hydrogens (tertiary/aromatic N) is 1. The smallest absolute Gasteiger partial charge is 0.344 e. The number of nitrogens with one attached hydrogen (secondary N) is 2. The van der Waals surface area contributed by atoms with Crippen LogP contribution in [0, 0.1) is 5.82 Å². The molecule has 2 aromatic rings. The van der Waals surface area contributed by atoms with Crippen LogP contribution in [0.2, 0.25) is 0 Å². The van der Waals surface area contributed by atoms with Crippen molar-refractivity contribution in [3.63, 3.8) is 0 Å². The second kappa shape index (κ2) is 7.07. The summed E-state index contributed by atoms with van der Waals surface area (Å²) in [6.07, 6.45) is -3.80. The first-order valence-electron chi connectivity index (χ1n) is 6.62. The molecule has 2 amide bonds. The van der Waals surface area contributed by atoms with Crippen molar-refractivity contribution >= 4 is 17.5 Å². The molecule has 0 spiro atoms. The molecular formula is C15H11F4N3O2. The molecule has 1 heterocycles. The molecule has 0 saturated carbocycles. The van der Waals surface area contributed by atoms with Gasteiger partial charge in [0.15, 0.2) is 0 Å². The van der Waals surface area contributed by atoms with Gasteiger partial charge in [0.2, 0.25) is 0 Å². The molecule has 2 rings (SSSR count). The second-order valence-corrected chi connectivity index (χ2v) is 4.70. The number of anilines is 1. The number of alkyl halides is 3. The average molecular weight is 341 g/mol. The number of benzene rings is 1. The highest BCUT2D eigenvalue weighted by Gasteiger charge is 2.32. The first kappa shape index (κ1) is 17.4. The van der Waals surface area contributed by atoms with E-state index in [1.165, 1.54) is 18.2 Å². The minimum absolute atomic E-state index is 0.0612. The van der Waals surface area contributed by atoms with Gasteiger partial charge in [0.05, 0.1) is 11.9 Å². The van der Waals surface area contributed by atoms with Crippen LogP contribution in [0.4, 0.5) is 23.2 Å². The Kier molecular flexibility index (Phi) is 5.12. The molecule has 1 aromatic heterocycles. The van der Waals surface area contributed by atoms with Crippen molar-refractivity contribution in [1.29, 1.82) is 0 Å². The molecule has 0 aliphatic rings. The zero-order chi connectivity index (χ0) is 17.7. The van der Waals surface area contributed by atoms with Crippen LogP contribution in [0.1, 0.15) is 11.3 Å². The summed E-state index contributed by atoms with van der Waals surface area (Å²) in [7, 11) is 0. The van der Waals surface area contributed by atoms with E-state index in [9.17, 15) is 27.2 Å². The van der Waals surface area contributed by atoms with E-state index in [0.717, 1.165) is 12.3 Å². The van der Waals surface area contributed by atoms with Gasteiger partial charge in [-0.05, 0) is 29.8 Å². The molecule has 0 fully saturated rings. The molecule has 24 heavy (non-hydrogen) atoms. The average Bonchev–Trinajstić information content (AvgIpc) is 2.52. The summed E-state index contributed by atoms with van der Waals surface area (Å²) >= 11 is 0. The summed E-state index contributed by atoms with van der Waals surface area (Å²) in [6.45, 7) is -0.0741. The fraction of sp³-hybridized carbons (Fsp3) is 0.133. The van der Waals surface area contributed by atoms with Crippen LogP contribution in [0.5, 0.6) is 0 Å². The van der Waals surface area contributed by atoms with E-state index in [0.29, 0.717) is 11.6 Å².